The zero-order valence-electron chi connectivity index (χ0n) is 13.8. The smallest absolute Gasteiger partial charge is 0.191 e. The summed E-state index contributed by atoms with van der Waals surface area (Å²) in [6.45, 7) is 8.52. The highest BCUT2D eigenvalue weighted by Gasteiger charge is 2.33. The summed E-state index contributed by atoms with van der Waals surface area (Å²) < 4.78 is 0. The largest absolute Gasteiger partial charge is 0.371 e. The maximum Gasteiger partial charge on any atom is 0.191 e. The van der Waals surface area contributed by atoms with Crippen LogP contribution in [0.3, 0.4) is 0 Å². The molecule has 1 aromatic carbocycles. The fourth-order valence-corrected chi connectivity index (χ4v) is 3.09. The van der Waals surface area contributed by atoms with Crippen molar-refractivity contribution in [2.24, 2.45) is 16.8 Å². The highest BCUT2D eigenvalue weighted by atomic mass is 15.2. The second-order valence-electron chi connectivity index (χ2n) is 6.62. The Labute approximate surface area is 134 Å². The summed E-state index contributed by atoms with van der Waals surface area (Å²) in [6, 6.07) is 11.3. The van der Waals surface area contributed by atoms with Crippen molar-refractivity contribution in [2.45, 2.75) is 32.7 Å². The summed E-state index contributed by atoms with van der Waals surface area (Å²) in [5, 5.41) is 6.90. The van der Waals surface area contributed by atoms with Gasteiger partial charge in [0.05, 0.1) is 0 Å². The zero-order chi connectivity index (χ0) is 15.4. The molecule has 1 heterocycles. The summed E-state index contributed by atoms with van der Waals surface area (Å²) >= 11 is 0. The number of nitrogens with zero attached hydrogens (tertiary/aromatic N) is 2. The van der Waals surface area contributed by atoms with Crippen LogP contribution in [-0.2, 0) is 0 Å². The average molecular weight is 300 g/mol. The molecule has 1 aromatic rings. The average Bonchev–Trinajstić information content (AvgIpc) is 3.03. The molecule has 2 aliphatic rings. The van der Waals surface area contributed by atoms with Crippen molar-refractivity contribution in [3.05, 3.63) is 30.3 Å². The van der Waals surface area contributed by atoms with Gasteiger partial charge in [-0.1, -0.05) is 25.1 Å². The van der Waals surface area contributed by atoms with E-state index in [2.05, 4.69) is 59.7 Å². The molecule has 0 amide bonds. The van der Waals surface area contributed by atoms with Crippen LogP contribution in [0.1, 0.15) is 26.7 Å². The Morgan fingerprint density at radius 3 is 2.77 bits per heavy atom. The SMILES string of the molecule is CCNC(=NCC1CCN(c2ccccc2)C1)NC1CC1C. The number of nitrogens with one attached hydrogen (secondary N) is 2. The van der Waals surface area contributed by atoms with E-state index in [4.69, 9.17) is 4.99 Å². The molecule has 4 nitrogen and oxygen atoms in total. The van der Waals surface area contributed by atoms with Gasteiger partial charge in [0.1, 0.15) is 0 Å². The van der Waals surface area contributed by atoms with Gasteiger partial charge >= 0.3 is 0 Å². The van der Waals surface area contributed by atoms with Crippen molar-refractivity contribution in [2.75, 3.05) is 31.1 Å². The lowest BCUT2D eigenvalue weighted by Gasteiger charge is -2.18. The van der Waals surface area contributed by atoms with Crippen LogP contribution in [0, 0.1) is 11.8 Å². The maximum atomic E-state index is 4.81. The lowest BCUT2D eigenvalue weighted by atomic mass is 10.1. The van der Waals surface area contributed by atoms with Crippen molar-refractivity contribution in [3.63, 3.8) is 0 Å². The Balaban J connectivity index is 1.51. The molecule has 1 saturated carbocycles. The van der Waals surface area contributed by atoms with Crippen molar-refractivity contribution in [3.8, 4) is 0 Å². The van der Waals surface area contributed by atoms with E-state index in [1.54, 1.807) is 0 Å². The van der Waals surface area contributed by atoms with Gasteiger partial charge in [-0.3, -0.25) is 4.99 Å². The minimum atomic E-state index is 0.627. The number of benzene rings is 1. The van der Waals surface area contributed by atoms with Crippen LogP contribution in [0.2, 0.25) is 0 Å². The van der Waals surface area contributed by atoms with E-state index in [-0.39, 0.29) is 0 Å². The summed E-state index contributed by atoms with van der Waals surface area (Å²) in [6.07, 6.45) is 2.51. The molecule has 22 heavy (non-hydrogen) atoms. The van der Waals surface area contributed by atoms with Crippen LogP contribution in [0.25, 0.3) is 0 Å². The van der Waals surface area contributed by atoms with Gasteiger partial charge in [-0.05, 0) is 43.7 Å². The van der Waals surface area contributed by atoms with Crippen molar-refractivity contribution < 1.29 is 0 Å². The normalized spacial score (nSPS) is 27.8. The predicted octanol–water partition coefficient (Wildman–Crippen LogP) is 2.48. The summed E-state index contributed by atoms with van der Waals surface area (Å²) in [5.74, 6) is 2.45. The summed E-state index contributed by atoms with van der Waals surface area (Å²) in [7, 11) is 0. The molecule has 0 spiro atoms. The van der Waals surface area contributed by atoms with E-state index < -0.39 is 0 Å². The van der Waals surface area contributed by atoms with Gasteiger partial charge in [-0.2, -0.15) is 0 Å². The van der Waals surface area contributed by atoms with Crippen LogP contribution < -0.4 is 15.5 Å². The van der Waals surface area contributed by atoms with Crippen LogP contribution in [0.15, 0.2) is 35.3 Å². The van der Waals surface area contributed by atoms with E-state index in [0.29, 0.717) is 12.0 Å². The van der Waals surface area contributed by atoms with Gasteiger partial charge in [0.15, 0.2) is 5.96 Å². The van der Waals surface area contributed by atoms with E-state index >= 15 is 0 Å². The fraction of sp³-hybridized carbons (Fsp3) is 0.611. The van der Waals surface area contributed by atoms with E-state index in [0.717, 1.165) is 38.1 Å². The van der Waals surface area contributed by atoms with Crippen molar-refractivity contribution in [1.82, 2.24) is 10.6 Å². The number of guanidine groups is 1. The Hall–Kier alpha value is -1.71. The minimum absolute atomic E-state index is 0.627. The molecule has 4 heteroatoms. The molecule has 2 fully saturated rings. The summed E-state index contributed by atoms with van der Waals surface area (Å²) in [5.41, 5.74) is 1.34. The number of hydrogen-bond donors (Lipinski definition) is 2. The molecule has 0 bridgehead atoms. The molecule has 1 aliphatic heterocycles. The molecule has 3 rings (SSSR count). The fourth-order valence-electron chi connectivity index (χ4n) is 3.09. The first kappa shape index (κ1) is 15.2. The minimum Gasteiger partial charge on any atom is -0.371 e. The van der Waals surface area contributed by atoms with Gasteiger partial charge < -0.3 is 15.5 Å². The van der Waals surface area contributed by atoms with Gasteiger partial charge in [-0.15, -0.1) is 0 Å². The third-order valence-electron chi connectivity index (χ3n) is 4.69. The highest BCUT2D eigenvalue weighted by Crippen LogP contribution is 2.29. The van der Waals surface area contributed by atoms with E-state index in [9.17, 15) is 0 Å². The standard InChI is InChI=1S/C18H28N4/c1-3-19-18(21-17-11-14(17)2)20-12-15-9-10-22(13-15)16-7-5-4-6-8-16/h4-8,14-15,17H,3,9-13H2,1-2H3,(H2,19,20,21). The summed E-state index contributed by atoms with van der Waals surface area (Å²) in [4.78, 5) is 7.28. The Morgan fingerprint density at radius 2 is 2.09 bits per heavy atom. The Morgan fingerprint density at radius 1 is 1.32 bits per heavy atom. The van der Waals surface area contributed by atoms with Crippen LogP contribution in [0.5, 0.6) is 0 Å². The first-order valence-corrected chi connectivity index (χ1v) is 8.61. The lowest BCUT2D eigenvalue weighted by molar-refractivity contribution is 0.598. The molecule has 2 N–H and O–H groups in total. The highest BCUT2D eigenvalue weighted by molar-refractivity contribution is 5.80. The number of hydrogen-bond acceptors (Lipinski definition) is 2. The monoisotopic (exact) mass is 300 g/mol. The van der Waals surface area contributed by atoms with Gasteiger partial charge in [-0.25, -0.2) is 0 Å². The first-order chi connectivity index (χ1) is 10.8. The Kier molecular flexibility index (Phi) is 4.86. The molecule has 120 valence electrons. The third-order valence-corrected chi connectivity index (χ3v) is 4.69. The molecule has 3 unspecified atom stereocenters. The molecule has 0 radical (unpaired) electrons. The second-order valence-corrected chi connectivity index (χ2v) is 6.62. The first-order valence-electron chi connectivity index (χ1n) is 8.61. The van der Waals surface area contributed by atoms with Crippen LogP contribution >= 0.6 is 0 Å². The van der Waals surface area contributed by atoms with Crippen LogP contribution in [0.4, 0.5) is 5.69 Å². The van der Waals surface area contributed by atoms with E-state index in [1.807, 2.05) is 0 Å². The van der Waals surface area contributed by atoms with Crippen molar-refractivity contribution >= 4 is 11.6 Å². The third kappa shape index (κ3) is 3.93. The van der Waals surface area contributed by atoms with Crippen LogP contribution in [-0.4, -0.2) is 38.2 Å². The second kappa shape index (κ2) is 7.03. The number of rotatable bonds is 5. The number of anilines is 1. The zero-order valence-corrected chi connectivity index (χ0v) is 13.8. The quantitative estimate of drug-likeness (QED) is 0.648. The molecule has 1 aliphatic carbocycles. The van der Waals surface area contributed by atoms with Gasteiger partial charge in [0.2, 0.25) is 0 Å². The molecule has 3 atom stereocenters. The number of para-hydroxylation sites is 1. The molecule has 0 aromatic heterocycles. The van der Waals surface area contributed by atoms with Crippen molar-refractivity contribution in [1.29, 1.82) is 0 Å². The topological polar surface area (TPSA) is 39.7 Å². The molecular weight excluding hydrogens is 272 g/mol. The lowest BCUT2D eigenvalue weighted by Crippen LogP contribution is -2.39. The predicted molar refractivity (Wildman–Crippen MR) is 93.4 cm³/mol. The Bertz CT molecular complexity index is 499. The number of aliphatic imine (C=N–C) groups is 1. The molecular formula is C18H28N4. The van der Waals surface area contributed by atoms with E-state index in [1.165, 1.54) is 18.5 Å². The maximum absolute atomic E-state index is 4.81. The molecule has 1 saturated heterocycles. The van der Waals surface area contributed by atoms with Gasteiger partial charge in [0, 0.05) is 37.9 Å². The van der Waals surface area contributed by atoms with Gasteiger partial charge in [0.25, 0.3) is 0 Å².